The summed E-state index contributed by atoms with van der Waals surface area (Å²) in [6.07, 6.45) is 1.34. The maximum absolute atomic E-state index is 12.0. The molecule has 1 N–H and O–H groups in total. The fourth-order valence-electron chi connectivity index (χ4n) is 1.63. The summed E-state index contributed by atoms with van der Waals surface area (Å²) in [6.45, 7) is 1.45. The minimum atomic E-state index is -3.84. The van der Waals surface area contributed by atoms with Gasteiger partial charge in [0.2, 0.25) is 0 Å². The molecule has 0 fully saturated rings. The Kier molecular flexibility index (Phi) is 2.88. The number of sulfonamides is 1. The molecule has 2 heterocycles. The van der Waals surface area contributed by atoms with Crippen molar-refractivity contribution in [2.75, 3.05) is 13.2 Å². The van der Waals surface area contributed by atoms with E-state index in [1.54, 1.807) is 6.92 Å². The molecule has 1 aromatic rings. The van der Waals surface area contributed by atoms with Crippen LogP contribution in [0.15, 0.2) is 23.4 Å². The van der Waals surface area contributed by atoms with Crippen LogP contribution in [0.4, 0.5) is 0 Å². The molecule has 0 saturated heterocycles. The maximum atomic E-state index is 12.0. The van der Waals surface area contributed by atoms with E-state index >= 15 is 0 Å². The van der Waals surface area contributed by atoms with Crippen LogP contribution in [0, 0.1) is 5.92 Å². The lowest BCUT2D eigenvalue weighted by molar-refractivity contribution is 0.0846. The number of carbonyl (C=O) groups excluding carboxylic acids is 1. The Morgan fingerprint density at radius 3 is 2.82 bits per heavy atom. The fourth-order valence-corrected chi connectivity index (χ4v) is 3.23. The highest BCUT2D eigenvalue weighted by Gasteiger charge is 2.42. The van der Waals surface area contributed by atoms with Gasteiger partial charge in [-0.1, -0.05) is 6.92 Å². The van der Waals surface area contributed by atoms with Crippen LogP contribution in [-0.4, -0.2) is 41.9 Å². The van der Waals surface area contributed by atoms with Gasteiger partial charge in [-0.2, -0.15) is 8.42 Å². The van der Waals surface area contributed by atoms with E-state index in [1.807, 2.05) is 0 Å². The number of rotatable bonds is 3. The van der Waals surface area contributed by atoms with Gasteiger partial charge in [-0.25, -0.2) is 9.29 Å². The fraction of sp³-hybridized carbons (Fsp3) is 0.400. The molecule has 1 aromatic heterocycles. The molecule has 1 amide bonds. The zero-order valence-electron chi connectivity index (χ0n) is 9.20. The van der Waals surface area contributed by atoms with Crippen molar-refractivity contribution in [2.45, 2.75) is 11.9 Å². The molecule has 0 saturated carbocycles. The summed E-state index contributed by atoms with van der Waals surface area (Å²) in [5.74, 6) is -0.878. The summed E-state index contributed by atoms with van der Waals surface area (Å²) in [4.78, 5) is 15.6. The second-order valence-corrected chi connectivity index (χ2v) is 5.76. The van der Waals surface area contributed by atoms with Gasteiger partial charge in [-0.15, -0.1) is 0 Å². The molecular weight excluding hydrogens is 244 g/mol. The first-order chi connectivity index (χ1) is 7.98. The van der Waals surface area contributed by atoms with Crippen molar-refractivity contribution in [3.63, 3.8) is 0 Å². The number of aliphatic hydroxyl groups is 1. The predicted molar refractivity (Wildman–Crippen MR) is 58.7 cm³/mol. The van der Waals surface area contributed by atoms with Crippen LogP contribution in [0.1, 0.15) is 17.3 Å². The van der Waals surface area contributed by atoms with Crippen molar-refractivity contribution in [3.8, 4) is 0 Å². The molecule has 1 aliphatic heterocycles. The van der Waals surface area contributed by atoms with Crippen LogP contribution in [-0.2, 0) is 10.0 Å². The average Bonchev–Trinajstić information content (AvgIpc) is 2.51. The third kappa shape index (κ3) is 1.81. The Labute approximate surface area is 98.9 Å². The van der Waals surface area contributed by atoms with Crippen LogP contribution in [0.2, 0.25) is 0 Å². The van der Waals surface area contributed by atoms with E-state index in [2.05, 4.69) is 4.98 Å². The molecule has 92 valence electrons. The SMILES string of the molecule is CC(CO)CN1C(=O)c2cccnc2S1(=O)=O. The van der Waals surface area contributed by atoms with Crippen molar-refractivity contribution < 1.29 is 18.3 Å². The van der Waals surface area contributed by atoms with E-state index in [1.165, 1.54) is 18.3 Å². The first kappa shape index (κ1) is 12.0. The van der Waals surface area contributed by atoms with Gasteiger partial charge in [0, 0.05) is 19.3 Å². The standard InChI is InChI=1S/C10H12N2O4S/c1-7(6-13)5-12-10(14)8-3-2-4-11-9(8)17(12,15)16/h2-4,7,13H,5-6H2,1H3. The number of aromatic nitrogens is 1. The average molecular weight is 256 g/mol. The molecule has 0 aromatic carbocycles. The van der Waals surface area contributed by atoms with Crippen LogP contribution >= 0.6 is 0 Å². The lowest BCUT2D eigenvalue weighted by Gasteiger charge is -2.17. The number of pyridine rings is 1. The van der Waals surface area contributed by atoms with Gasteiger partial charge < -0.3 is 5.11 Å². The Morgan fingerprint density at radius 2 is 2.24 bits per heavy atom. The molecule has 6 nitrogen and oxygen atoms in total. The second kappa shape index (κ2) is 4.08. The van der Waals surface area contributed by atoms with Crippen molar-refractivity contribution in [3.05, 3.63) is 23.9 Å². The molecule has 0 aliphatic carbocycles. The van der Waals surface area contributed by atoms with Gasteiger partial charge in [0.1, 0.15) is 0 Å². The van der Waals surface area contributed by atoms with Crippen molar-refractivity contribution in [2.24, 2.45) is 5.92 Å². The van der Waals surface area contributed by atoms with E-state index < -0.39 is 15.9 Å². The summed E-state index contributed by atoms with van der Waals surface area (Å²) in [7, 11) is -3.84. The predicted octanol–water partition coefficient (Wildman–Crippen LogP) is -0.145. The minimum Gasteiger partial charge on any atom is -0.396 e. The normalized spacial score (nSPS) is 19.2. The monoisotopic (exact) mass is 256 g/mol. The van der Waals surface area contributed by atoms with Crippen LogP contribution in [0.25, 0.3) is 0 Å². The van der Waals surface area contributed by atoms with Crippen LogP contribution < -0.4 is 0 Å². The summed E-state index contributed by atoms with van der Waals surface area (Å²) < 4.78 is 24.8. The van der Waals surface area contributed by atoms with Gasteiger partial charge in [-0.3, -0.25) is 4.79 Å². The van der Waals surface area contributed by atoms with Gasteiger partial charge >= 0.3 is 0 Å². The smallest absolute Gasteiger partial charge is 0.285 e. The lowest BCUT2D eigenvalue weighted by Crippen LogP contribution is -2.35. The summed E-state index contributed by atoms with van der Waals surface area (Å²) in [5, 5.41) is 8.72. The molecule has 1 aliphatic rings. The van der Waals surface area contributed by atoms with E-state index in [0.29, 0.717) is 0 Å². The van der Waals surface area contributed by atoms with E-state index in [-0.39, 0.29) is 29.7 Å². The second-order valence-electron chi connectivity index (χ2n) is 3.99. The molecule has 2 rings (SSSR count). The zero-order valence-corrected chi connectivity index (χ0v) is 10.0. The highest BCUT2D eigenvalue weighted by molar-refractivity contribution is 7.90. The minimum absolute atomic E-state index is 0.0337. The number of aliphatic hydroxyl groups excluding tert-OH is 1. The largest absolute Gasteiger partial charge is 0.396 e. The maximum Gasteiger partial charge on any atom is 0.285 e. The first-order valence-corrected chi connectivity index (χ1v) is 6.55. The van der Waals surface area contributed by atoms with Gasteiger partial charge in [-0.05, 0) is 18.1 Å². The van der Waals surface area contributed by atoms with Crippen LogP contribution in [0.3, 0.4) is 0 Å². The van der Waals surface area contributed by atoms with Crippen molar-refractivity contribution >= 4 is 15.9 Å². The van der Waals surface area contributed by atoms with Gasteiger partial charge in [0.15, 0.2) is 5.03 Å². The van der Waals surface area contributed by atoms with Gasteiger partial charge in [0.05, 0.1) is 5.56 Å². The van der Waals surface area contributed by atoms with Crippen LogP contribution in [0.5, 0.6) is 0 Å². The summed E-state index contributed by atoms with van der Waals surface area (Å²) >= 11 is 0. The number of hydrogen-bond donors (Lipinski definition) is 1. The van der Waals surface area contributed by atoms with E-state index in [4.69, 9.17) is 5.11 Å². The molecular formula is C10H12N2O4S. The lowest BCUT2D eigenvalue weighted by atomic mass is 10.2. The Balaban J connectivity index is 2.44. The molecule has 1 unspecified atom stereocenters. The molecule has 0 spiro atoms. The number of carbonyl (C=O) groups is 1. The van der Waals surface area contributed by atoms with Gasteiger partial charge in [0.25, 0.3) is 15.9 Å². The highest BCUT2D eigenvalue weighted by Crippen LogP contribution is 2.28. The number of amides is 1. The number of hydrogen-bond acceptors (Lipinski definition) is 5. The van der Waals surface area contributed by atoms with Crippen molar-refractivity contribution in [1.29, 1.82) is 0 Å². The Bertz CT molecular complexity index is 555. The number of nitrogens with zero attached hydrogens (tertiary/aromatic N) is 2. The van der Waals surface area contributed by atoms with E-state index in [9.17, 15) is 13.2 Å². The molecule has 0 bridgehead atoms. The molecule has 1 atom stereocenters. The third-order valence-electron chi connectivity index (χ3n) is 2.55. The Morgan fingerprint density at radius 1 is 1.53 bits per heavy atom. The van der Waals surface area contributed by atoms with Crippen molar-refractivity contribution in [1.82, 2.24) is 9.29 Å². The van der Waals surface area contributed by atoms with E-state index in [0.717, 1.165) is 4.31 Å². The summed E-state index contributed by atoms with van der Waals surface area (Å²) in [5.41, 5.74) is 0.0950. The Hall–Kier alpha value is -1.47. The first-order valence-electron chi connectivity index (χ1n) is 5.11. The third-order valence-corrected chi connectivity index (χ3v) is 4.26. The quantitative estimate of drug-likeness (QED) is 0.813. The topological polar surface area (TPSA) is 87.6 Å². The highest BCUT2D eigenvalue weighted by atomic mass is 32.2. The molecule has 0 radical (unpaired) electrons. The molecule has 7 heteroatoms. The number of fused-ring (bicyclic) bond motifs is 1. The summed E-state index contributed by atoms with van der Waals surface area (Å²) in [6, 6.07) is 2.96. The molecule has 17 heavy (non-hydrogen) atoms. The zero-order chi connectivity index (χ0) is 12.6.